The zero-order valence-electron chi connectivity index (χ0n) is 19.2. The van der Waals surface area contributed by atoms with E-state index in [4.69, 9.17) is 14.2 Å². The van der Waals surface area contributed by atoms with Gasteiger partial charge in [-0.1, -0.05) is 30.3 Å². The first kappa shape index (κ1) is 21.8. The van der Waals surface area contributed by atoms with Crippen LogP contribution in [-0.4, -0.2) is 69.6 Å². The summed E-state index contributed by atoms with van der Waals surface area (Å²) in [5.41, 5.74) is 2.31. The predicted molar refractivity (Wildman–Crippen MR) is 128 cm³/mol. The fourth-order valence-corrected chi connectivity index (χ4v) is 4.74. The Bertz CT molecular complexity index is 1380. The maximum Gasteiger partial charge on any atom is 0.253 e. The highest BCUT2D eigenvalue weighted by molar-refractivity contribution is 5.83. The van der Waals surface area contributed by atoms with Gasteiger partial charge in [0.25, 0.3) is 5.56 Å². The van der Waals surface area contributed by atoms with E-state index in [9.17, 15) is 4.79 Å². The topological polar surface area (TPSA) is 107 Å². The van der Waals surface area contributed by atoms with E-state index in [0.717, 1.165) is 11.8 Å². The van der Waals surface area contributed by atoms with E-state index >= 15 is 0 Å². The quantitative estimate of drug-likeness (QED) is 0.452. The van der Waals surface area contributed by atoms with Crippen molar-refractivity contribution < 1.29 is 14.2 Å². The zero-order chi connectivity index (χ0) is 23.6. The second-order valence-corrected chi connectivity index (χ2v) is 8.68. The molecule has 1 atom stereocenters. The van der Waals surface area contributed by atoms with Crippen molar-refractivity contribution in [2.75, 3.05) is 39.5 Å². The molecule has 4 aromatic rings. The van der Waals surface area contributed by atoms with Crippen molar-refractivity contribution in [1.29, 1.82) is 0 Å². The minimum absolute atomic E-state index is 0.178. The van der Waals surface area contributed by atoms with Gasteiger partial charge in [0.2, 0.25) is 0 Å². The molecule has 0 spiro atoms. The molecule has 0 saturated carbocycles. The van der Waals surface area contributed by atoms with Crippen molar-refractivity contribution in [2.45, 2.75) is 19.0 Å². The first-order valence-corrected chi connectivity index (χ1v) is 11.8. The number of nitrogens with one attached hydrogen (secondary N) is 1. The molecule has 2 aromatic heterocycles. The molecular formula is C25H26N6O4. The highest BCUT2D eigenvalue weighted by Crippen LogP contribution is 2.35. The highest BCUT2D eigenvalue weighted by atomic mass is 16.6. The van der Waals surface area contributed by atoms with Gasteiger partial charge in [-0.2, -0.15) is 0 Å². The van der Waals surface area contributed by atoms with Gasteiger partial charge in [-0.25, -0.2) is 4.68 Å². The SMILES string of the molecule is O=c1[nH]c2cc3c(cc2cc1[C@H](c1nnnn1CCc1ccccc1)N1CCOCC1)OCCO3. The Morgan fingerprint density at radius 3 is 2.54 bits per heavy atom. The van der Waals surface area contributed by atoms with Crippen LogP contribution in [0.1, 0.15) is 23.0 Å². The van der Waals surface area contributed by atoms with Crippen LogP contribution in [0.25, 0.3) is 10.9 Å². The second kappa shape index (κ2) is 9.47. The predicted octanol–water partition coefficient (Wildman–Crippen LogP) is 1.95. The van der Waals surface area contributed by atoms with Crippen LogP contribution in [0.4, 0.5) is 0 Å². The fraction of sp³-hybridized carbons (Fsp3) is 0.360. The molecule has 2 aromatic carbocycles. The molecule has 0 bridgehead atoms. The number of ether oxygens (including phenoxy) is 3. The smallest absolute Gasteiger partial charge is 0.253 e. The van der Waals surface area contributed by atoms with Gasteiger partial charge >= 0.3 is 0 Å². The van der Waals surface area contributed by atoms with Crippen molar-refractivity contribution in [1.82, 2.24) is 30.1 Å². The first-order chi connectivity index (χ1) is 17.3. The van der Waals surface area contributed by atoms with Crippen LogP contribution in [0.3, 0.4) is 0 Å². The molecule has 2 aliphatic heterocycles. The lowest BCUT2D eigenvalue weighted by Gasteiger charge is -2.33. The van der Waals surface area contributed by atoms with Gasteiger partial charge in [-0.15, -0.1) is 5.10 Å². The van der Waals surface area contributed by atoms with Crippen LogP contribution < -0.4 is 15.0 Å². The van der Waals surface area contributed by atoms with Crippen LogP contribution in [0.15, 0.2) is 53.3 Å². The van der Waals surface area contributed by atoms with Crippen LogP contribution in [0.2, 0.25) is 0 Å². The maximum atomic E-state index is 13.4. The molecule has 6 rings (SSSR count). The number of fused-ring (bicyclic) bond motifs is 2. The third-order valence-electron chi connectivity index (χ3n) is 6.50. The van der Waals surface area contributed by atoms with E-state index in [0.29, 0.717) is 74.5 Å². The summed E-state index contributed by atoms with van der Waals surface area (Å²) in [5.74, 6) is 1.96. The van der Waals surface area contributed by atoms with Gasteiger partial charge in [0.05, 0.1) is 18.7 Å². The Kier molecular flexibility index (Phi) is 5.89. The Balaban J connectivity index is 1.41. The largest absolute Gasteiger partial charge is 0.486 e. The number of morpholine rings is 1. The van der Waals surface area contributed by atoms with E-state index in [1.54, 1.807) is 4.68 Å². The molecule has 0 unspecified atom stereocenters. The standard InChI is InChI=1S/C25H26N6O4/c32-25-19(14-18-15-21-22(16-20(18)26-25)35-13-12-34-21)23(30-8-10-33-11-9-30)24-27-28-29-31(24)7-6-17-4-2-1-3-5-17/h1-5,14-16,23H,6-13H2,(H,26,32)/t23-/m1/s1. The number of tetrazole rings is 1. The van der Waals surface area contributed by atoms with Gasteiger partial charge in [0, 0.05) is 36.7 Å². The van der Waals surface area contributed by atoms with Crippen LogP contribution in [0, 0.1) is 0 Å². The summed E-state index contributed by atoms with van der Waals surface area (Å²) in [6.07, 6.45) is 0.784. The van der Waals surface area contributed by atoms with Crippen molar-refractivity contribution in [3.8, 4) is 11.5 Å². The number of pyridine rings is 1. The number of hydrogen-bond acceptors (Lipinski definition) is 8. The van der Waals surface area contributed by atoms with Gasteiger partial charge in [-0.3, -0.25) is 9.69 Å². The van der Waals surface area contributed by atoms with E-state index in [2.05, 4.69) is 37.5 Å². The van der Waals surface area contributed by atoms with Gasteiger partial charge in [0.1, 0.15) is 19.3 Å². The Morgan fingerprint density at radius 1 is 0.971 bits per heavy atom. The molecule has 10 nitrogen and oxygen atoms in total. The van der Waals surface area contributed by atoms with Gasteiger partial charge < -0.3 is 19.2 Å². The van der Waals surface area contributed by atoms with E-state index in [1.165, 1.54) is 5.56 Å². The van der Waals surface area contributed by atoms with Crippen molar-refractivity contribution in [2.24, 2.45) is 0 Å². The van der Waals surface area contributed by atoms with E-state index < -0.39 is 6.04 Å². The number of rotatable bonds is 6. The molecule has 2 aliphatic rings. The average Bonchev–Trinajstić information content (AvgIpc) is 3.36. The average molecular weight is 475 g/mol. The number of nitrogens with zero attached hydrogens (tertiary/aromatic N) is 5. The number of aryl methyl sites for hydroxylation is 2. The maximum absolute atomic E-state index is 13.4. The van der Waals surface area contributed by atoms with Crippen molar-refractivity contribution in [3.63, 3.8) is 0 Å². The van der Waals surface area contributed by atoms with E-state index in [-0.39, 0.29) is 5.56 Å². The minimum atomic E-state index is -0.411. The fourth-order valence-electron chi connectivity index (χ4n) is 4.74. The summed E-state index contributed by atoms with van der Waals surface area (Å²) in [7, 11) is 0. The molecule has 180 valence electrons. The summed E-state index contributed by atoms with van der Waals surface area (Å²) < 4.78 is 18.8. The van der Waals surface area contributed by atoms with Crippen LogP contribution in [-0.2, 0) is 17.7 Å². The second-order valence-electron chi connectivity index (χ2n) is 8.68. The number of hydrogen-bond donors (Lipinski definition) is 1. The molecule has 1 saturated heterocycles. The highest BCUT2D eigenvalue weighted by Gasteiger charge is 2.31. The van der Waals surface area contributed by atoms with Crippen molar-refractivity contribution in [3.05, 3.63) is 75.8 Å². The third kappa shape index (κ3) is 4.38. The van der Waals surface area contributed by atoms with Crippen LogP contribution >= 0.6 is 0 Å². The molecule has 0 aliphatic carbocycles. The number of benzene rings is 2. The summed E-state index contributed by atoms with van der Waals surface area (Å²) in [4.78, 5) is 18.7. The van der Waals surface area contributed by atoms with Crippen molar-refractivity contribution >= 4 is 10.9 Å². The van der Waals surface area contributed by atoms with Gasteiger partial charge in [0.15, 0.2) is 17.3 Å². The Hall–Kier alpha value is -3.76. The molecule has 4 heterocycles. The number of H-pyrrole nitrogens is 1. The molecule has 0 radical (unpaired) electrons. The molecular weight excluding hydrogens is 448 g/mol. The molecule has 0 amide bonds. The number of aromatic amines is 1. The lowest BCUT2D eigenvalue weighted by Crippen LogP contribution is -2.42. The summed E-state index contributed by atoms with van der Waals surface area (Å²) in [6, 6.07) is 15.5. The first-order valence-electron chi connectivity index (χ1n) is 11.8. The minimum Gasteiger partial charge on any atom is -0.486 e. The van der Waals surface area contributed by atoms with E-state index in [1.807, 2.05) is 36.4 Å². The summed E-state index contributed by atoms with van der Waals surface area (Å²) in [6.45, 7) is 4.13. The van der Waals surface area contributed by atoms with Crippen LogP contribution in [0.5, 0.6) is 11.5 Å². The Labute approximate surface area is 201 Å². The molecule has 10 heteroatoms. The monoisotopic (exact) mass is 474 g/mol. The summed E-state index contributed by atoms with van der Waals surface area (Å²) >= 11 is 0. The lowest BCUT2D eigenvalue weighted by atomic mass is 10.0. The van der Waals surface area contributed by atoms with Gasteiger partial charge in [-0.05, 0) is 34.5 Å². The normalized spacial score (nSPS) is 16.9. The molecule has 35 heavy (non-hydrogen) atoms. The lowest BCUT2D eigenvalue weighted by molar-refractivity contribution is 0.0214. The summed E-state index contributed by atoms with van der Waals surface area (Å²) in [5, 5.41) is 13.5. The zero-order valence-corrected chi connectivity index (χ0v) is 19.2. The molecule has 1 fully saturated rings. The number of aromatic nitrogens is 5. The Morgan fingerprint density at radius 2 is 1.74 bits per heavy atom. The molecule has 1 N–H and O–H groups in total. The third-order valence-corrected chi connectivity index (χ3v) is 6.50.